The number of H-pyrrole nitrogens is 1. The number of nitrogens with one attached hydrogen (secondary N) is 3. The molecule has 10 nitrogen and oxygen atoms in total. The molecule has 4 aliphatic rings. The van der Waals surface area contributed by atoms with Gasteiger partial charge in [0.05, 0.1) is 11.9 Å². The van der Waals surface area contributed by atoms with E-state index in [9.17, 15) is 14.4 Å². The van der Waals surface area contributed by atoms with E-state index in [1.165, 1.54) is 4.57 Å². The van der Waals surface area contributed by atoms with Gasteiger partial charge in [-0.3, -0.25) is 14.5 Å². The van der Waals surface area contributed by atoms with Crippen LogP contribution in [0, 0.1) is 5.92 Å². The molecule has 1 aromatic carbocycles. The standard InChI is InChI=1S/C24H27N5O5/c1-29-18-6-13(2-5-19(18)34-23(29)32)7-21(30)25-20-9-17(27-28-20)15-3-4-16(8-15)33-22(31)26-24-10-14(11-24)12-24/h2,5-6,9,14-16H,3-4,7-8,10-12H2,1H3,(H,26,31)(H2,25,27,28,30)/t14?,15-,16+,24?/m0/s1. The Morgan fingerprint density at radius 1 is 1.26 bits per heavy atom. The fourth-order valence-corrected chi connectivity index (χ4v) is 5.62. The van der Waals surface area contributed by atoms with Crippen LogP contribution in [0.15, 0.2) is 33.5 Å². The van der Waals surface area contributed by atoms with Crippen LogP contribution in [0.2, 0.25) is 0 Å². The summed E-state index contributed by atoms with van der Waals surface area (Å²) >= 11 is 0. The Labute approximate surface area is 195 Å². The molecule has 0 aliphatic heterocycles. The summed E-state index contributed by atoms with van der Waals surface area (Å²) in [7, 11) is 1.63. The number of nitrogens with zero attached hydrogens (tertiary/aromatic N) is 2. The van der Waals surface area contributed by atoms with Crippen molar-refractivity contribution in [2.24, 2.45) is 13.0 Å². The van der Waals surface area contributed by atoms with E-state index in [-0.39, 0.29) is 36.0 Å². The van der Waals surface area contributed by atoms with Gasteiger partial charge in [0.15, 0.2) is 11.4 Å². The second-order valence-corrected chi connectivity index (χ2v) is 10.1. The topological polar surface area (TPSA) is 131 Å². The van der Waals surface area contributed by atoms with Crippen molar-refractivity contribution in [1.82, 2.24) is 20.1 Å². The lowest BCUT2D eigenvalue weighted by Gasteiger charge is -2.61. The van der Waals surface area contributed by atoms with Gasteiger partial charge in [0, 0.05) is 30.3 Å². The second kappa shape index (κ2) is 7.75. The monoisotopic (exact) mass is 465 g/mol. The number of aromatic amines is 1. The molecule has 3 N–H and O–H groups in total. The van der Waals surface area contributed by atoms with Gasteiger partial charge in [0.1, 0.15) is 6.10 Å². The molecule has 0 unspecified atom stereocenters. The molecule has 0 radical (unpaired) electrons. The SMILES string of the molecule is Cn1c(=O)oc2ccc(CC(=O)Nc3cc([C@H]4CC[C@@H](OC(=O)NC56CC(C5)C6)C4)[nH]n3)cc21. The van der Waals surface area contributed by atoms with Crippen molar-refractivity contribution in [2.45, 2.75) is 62.5 Å². The van der Waals surface area contributed by atoms with E-state index in [0.717, 1.165) is 55.7 Å². The molecule has 2 aromatic heterocycles. The lowest BCUT2D eigenvalue weighted by atomic mass is 9.50. The third-order valence-electron chi connectivity index (χ3n) is 7.59. The summed E-state index contributed by atoms with van der Waals surface area (Å²) < 4.78 is 12.2. The molecule has 178 valence electrons. The number of oxazole rings is 1. The number of anilines is 1. The lowest BCUT2D eigenvalue weighted by Crippen LogP contribution is -2.68. The zero-order valence-electron chi connectivity index (χ0n) is 18.9. The Hall–Kier alpha value is -3.56. The van der Waals surface area contributed by atoms with Gasteiger partial charge in [0.25, 0.3) is 0 Å². The van der Waals surface area contributed by atoms with E-state index in [0.29, 0.717) is 16.9 Å². The molecule has 34 heavy (non-hydrogen) atoms. The van der Waals surface area contributed by atoms with Crippen molar-refractivity contribution < 1.29 is 18.7 Å². The van der Waals surface area contributed by atoms with E-state index in [1.807, 2.05) is 6.07 Å². The number of benzene rings is 1. The van der Waals surface area contributed by atoms with Gasteiger partial charge in [-0.25, -0.2) is 9.59 Å². The number of rotatable bonds is 6. The smallest absolute Gasteiger partial charge is 0.419 e. The van der Waals surface area contributed by atoms with Crippen LogP contribution in [0.5, 0.6) is 0 Å². The summed E-state index contributed by atoms with van der Waals surface area (Å²) in [5.41, 5.74) is 2.86. The third-order valence-corrected chi connectivity index (χ3v) is 7.59. The summed E-state index contributed by atoms with van der Waals surface area (Å²) in [4.78, 5) is 36.4. The number of aryl methyl sites for hydroxylation is 1. The van der Waals surface area contributed by atoms with E-state index >= 15 is 0 Å². The number of alkyl carbamates (subject to hydrolysis) is 1. The van der Waals surface area contributed by atoms with Crippen molar-refractivity contribution in [3.8, 4) is 0 Å². The first-order chi connectivity index (χ1) is 16.4. The van der Waals surface area contributed by atoms with Gasteiger partial charge in [0.2, 0.25) is 5.91 Å². The summed E-state index contributed by atoms with van der Waals surface area (Å²) in [6, 6.07) is 7.08. The summed E-state index contributed by atoms with van der Waals surface area (Å²) in [6.45, 7) is 0. The molecular weight excluding hydrogens is 438 g/mol. The summed E-state index contributed by atoms with van der Waals surface area (Å²) in [5, 5.41) is 13.1. The number of hydrogen-bond acceptors (Lipinski definition) is 6. The first-order valence-corrected chi connectivity index (χ1v) is 11.8. The van der Waals surface area contributed by atoms with Gasteiger partial charge in [-0.2, -0.15) is 5.10 Å². The molecule has 2 heterocycles. The Morgan fingerprint density at radius 2 is 2.09 bits per heavy atom. The molecule has 0 saturated heterocycles. The Balaban J connectivity index is 1.02. The molecule has 4 saturated carbocycles. The maximum atomic E-state index is 12.5. The van der Waals surface area contributed by atoms with E-state index in [1.54, 1.807) is 25.2 Å². The van der Waals surface area contributed by atoms with Crippen LogP contribution in [0.25, 0.3) is 11.1 Å². The van der Waals surface area contributed by atoms with Crippen LogP contribution < -0.4 is 16.4 Å². The minimum absolute atomic E-state index is 0.0250. The number of carbonyl (C=O) groups is 2. The van der Waals surface area contributed by atoms with Crippen LogP contribution in [0.3, 0.4) is 0 Å². The Kier molecular flexibility index (Phi) is 4.79. The van der Waals surface area contributed by atoms with Crippen LogP contribution >= 0.6 is 0 Å². The molecule has 2 atom stereocenters. The predicted octanol–water partition coefficient (Wildman–Crippen LogP) is 2.95. The normalized spacial score (nSPS) is 27.1. The highest BCUT2D eigenvalue weighted by molar-refractivity contribution is 5.92. The van der Waals surface area contributed by atoms with Crippen molar-refractivity contribution in [2.75, 3.05) is 5.32 Å². The van der Waals surface area contributed by atoms with Crippen LogP contribution in [0.4, 0.5) is 10.6 Å². The number of ether oxygens (including phenoxy) is 1. The fraction of sp³-hybridized carbons (Fsp3) is 0.500. The largest absolute Gasteiger partial charge is 0.446 e. The molecule has 4 fully saturated rings. The number of aromatic nitrogens is 3. The van der Waals surface area contributed by atoms with Gasteiger partial charge in [-0.05, 0) is 62.1 Å². The van der Waals surface area contributed by atoms with Crippen molar-refractivity contribution in [3.63, 3.8) is 0 Å². The zero-order chi connectivity index (χ0) is 23.4. The van der Waals surface area contributed by atoms with E-state index in [4.69, 9.17) is 9.15 Å². The average molecular weight is 466 g/mol. The maximum absolute atomic E-state index is 12.5. The number of amides is 2. The van der Waals surface area contributed by atoms with Crippen molar-refractivity contribution in [1.29, 1.82) is 0 Å². The fourth-order valence-electron chi connectivity index (χ4n) is 5.62. The highest BCUT2D eigenvalue weighted by Gasteiger charge is 2.57. The Morgan fingerprint density at radius 3 is 2.85 bits per heavy atom. The minimum Gasteiger partial charge on any atom is -0.446 e. The summed E-state index contributed by atoms with van der Waals surface area (Å²) in [6.07, 6.45) is 5.47. The highest BCUT2D eigenvalue weighted by atomic mass is 16.6. The predicted molar refractivity (Wildman–Crippen MR) is 122 cm³/mol. The molecule has 0 spiro atoms. The zero-order valence-corrected chi connectivity index (χ0v) is 18.9. The van der Waals surface area contributed by atoms with Gasteiger partial charge in [-0.15, -0.1) is 0 Å². The quantitative estimate of drug-likeness (QED) is 0.513. The Bertz CT molecular complexity index is 1320. The second-order valence-electron chi connectivity index (χ2n) is 10.1. The first-order valence-electron chi connectivity index (χ1n) is 11.8. The van der Waals surface area contributed by atoms with Crippen LogP contribution in [-0.4, -0.2) is 38.4 Å². The number of hydrogen-bond donors (Lipinski definition) is 3. The highest BCUT2D eigenvalue weighted by Crippen LogP contribution is 2.57. The molecule has 4 aliphatic carbocycles. The number of fused-ring (bicyclic) bond motifs is 1. The lowest BCUT2D eigenvalue weighted by molar-refractivity contribution is -0.115. The molecule has 2 amide bonds. The molecule has 2 bridgehead atoms. The van der Waals surface area contributed by atoms with Gasteiger partial charge < -0.3 is 19.8 Å². The van der Waals surface area contributed by atoms with Crippen molar-refractivity contribution >= 4 is 28.9 Å². The molecule has 10 heteroatoms. The van der Waals surface area contributed by atoms with Gasteiger partial charge >= 0.3 is 11.8 Å². The molecule has 7 rings (SSSR count). The average Bonchev–Trinajstić information content (AvgIpc) is 3.45. The number of carbonyl (C=O) groups excluding carboxylic acids is 2. The van der Waals surface area contributed by atoms with E-state index < -0.39 is 5.76 Å². The molecular formula is C24H27N5O5. The molecule has 3 aromatic rings. The van der Waals surface area contributed by atoms with Gasteiger partial charge in [-0.1, -0.05) is 6.07 Å². The third kappa shape index (κ3) is 3.76. The maximum Gasteiger partial charge on any atom is 0.419 e. The minimum atomic E-state index is -0.435. The van der Waals surface area contributed by atoms with Crippen LogP contribution in [-0.2, 0) is 23.0 Å². The van der Waals surface area contributed by atoms with Crippen LogP contribution in [0.1, 0.15) is 55.7 Å². The van der Waals surface area contributed by atoms with Crippen molar-refractivity contribution in [3.05, 3.63) is 46.1 Å². The first kappa shape index (κ1) is 21.0. The van der Waals surface area contributed by atoms with E-state index in [2.05, 4.69) is 20.8 Å². The summed E-state index contributed by atoms with van der Waals surface area (Å²) in [5.74, 6) is 0.832.